The lowest BCUT2D eigenvalue weighted by molar-refractivity contribution is 0.597. The zero-order valence-corrected chi connectivity index (χ0v) is 14.1. The zero-order chi connectivity index (χ0) is 14.5. The van der Waals surface area contributed by atoms with Crippen molar-refractivity contribution in [2.24, 2.45) is 0 Å². The number of hydrogen-bond donors (Lipinski definition) is 1. The summed E-state index contributed by atoms with van der Waals surface area (Å²) in [4.78, 5) is 4.23. The third kappa shape index (κ3) is 3.95. The molecule has 0 radical (unpaired) electrons. The van der Waals surface area contributed by atoms with Gasteiger partial charge in [0.05, 0.1) is 6.04 Å². The average Bonchev–Trinajstić information content (AvgIpc) is 2.43. The lowest BCUT2D eigenvalue weighted by Crippen LogP contribution is -2.23. The Morgan fingerprint density at radius 1 is 1.25 bits per heavy atom. The molecule has 20 heavy (non-hydrogen) atoms. The first-order valence-corrected chi connectivity index (χ1v) is 7.95. The van der Waals surface area contributed by atoms with Crippen molar-refractivity contribution in [1.82, 2.24) is 10.3 Å². The Morgan fingerprint density at radius 2 is 2.05 bits per heavy atom. The molecule has 0 amide bonds. The number of aromatic nitrogens is 1. The summed E-state index contributed by atoms with van der Waals surface area (Å²) in [5, 5.41) is 4.87. The Morgan fingerprint density at radius 3 is 2.75 bits per heavy atom. The first-order chi connectivity index (χ1) is 9.61. The second-order valence-electron chi connectivity index (χ2n) is 4.49. The summed E-state index contributed by atoms with van der Waals surface area (Å²) in [6.45, 7) is 3.02. The van der Waals surface area contributed by atoms with Crippen molar-refractivity contribution in [1.29, 1.82) is 0 Å². The number of nitrogens with one attached hydrogen (secondary N) is 1. The fraction of sp³-hybridized carbons (Fsp3) is 0.267. The summed E-state index contributed by atoms with van der Waals surface area (Å²) in [6.07, 6.45) is 4.64. The van der Waals surface area contributed by atoms with E-state index in [1.807, 2.05) is 24.4 Å². The molecular formula is C15H15BrCl2N2. The van der Waals surface area contributed by atoms with Crippen LogP contribution in [0.5, 0.6) is 0 Å². The molecule has 1 atom stereocenters. The molecule has 2 aromatic rings. The number of halogens is 3. The highest BCUT2D eigenvalue weighted by molar-refractivity contribution is 9.10. The second-order valence-corrected chi connectivity index (χ2v) is 6.25. The van der Waals surface area contributed by atoms with Gasteiger partial charge in [-0.1, -0.05) is 30.1 Å². The number of nitrogens with zero attached hydrogens (tertiary/aromatic N) is 1. The molecule has 1 heterocycles. The lowest BCUT2D eigenvalue weighted by Gasteiger charge is -2.21. The van der Waals surface area contributed by atoms with Crippen LogP contribution >= 0.6 is 39.1 Å². The first-order valence-electron chi connectivity index (χ1n) is 6.40. The molecule has 0 aliphatic heterocycles. The van der Waals surface area contributed by atoms with Crippen molar-refractivity contribution in [3.05, 3.63) is 62.3 Å². The van der Waals surface area contributed by atoms with E-state index in [-0.39, 0.29) is 6.04 Å². The summed E-state index contributed by atoms with van der Waals surface area (Å²) >= 11 is 15.9. The predicted molar refractivity (Wildman–Crippen MR) is 88.5 cm³/mol. The summed E-state index contributed by atoms with van der Waals surface area (Å²) < 4.78 is 0.941. The maximum atomic E-state index is 6.33. The van der Waals surface area contributed by atoms with Gasteiger partial charge in [-0.3, -0.25) is 4.98 Å². The van der Waals surface area contributed by atoms with Crippen LogP contribution in [0.3, 0.4) is 0 Å². The molecule has 1 aromatic carbocycles. The summed E-state index contributed by atoms with van der Waals surface area (Å²) in [5.41, 5.74) is 2.02. The van der Waals surface area contributed by atoms with Gasteiger partial charge in [-0.2, -0.15) is 0 Å². The molecule has 106 valence electrons. The fourth-order valence-electron chi connectivity index (χ4n) is 2.02. The van der Waals surface area contributed by atoms with Crippen molar-refractivity contribution in [3.8, 4) is 0 Å². The van der Waals surface area contributed by atoms with Gasteiger partial charge in [0.1, 0.15) is 0 Å². The van der Waals surface area contributed by atoms with Gasteiger partial charge in [-0.25, -0.2) is 0 Å². The van der Waals surface area contributed by atoms with Gasteiger partial charge >= 0.3 is 0 Å². The van der Waals surface area contributed by atoms with Crippen LogP contribution < -0.4 is 5.32 Å². The monoisotopic (exact) mass is 372 g/mol. The Kier molecular flexibility index (Phi) is 5.85. The molecule has 0 spiro atoms. The van der Waals surface area contributed by atoms with Crippen molar-refractivity contribution in [3.63, 3.8) is 0 Å². The van der Waals surface area contributed by atoms with Crippen LogP contribution in [0.15, 0.2) is 41.1 Å². The summed E-state index contributed by atoms with van der Waals surface area (Å²) in [6, 6.07) is 7.54. The van der Waals surface area contributed by atoms with Crippen LogP contribution in [0.1, 0.15) is 30.5 Å². The predicted octanol–water partition coefficient (Wildman–Crippen LogP) is 5.24. The van der Waals surface area contributed by atoms with Crippen LogP contribution in [0.2, 0.25) is 10.0 Å². The minimum atomic E-state index is -0.0221. The van der Waals surface area contributed by atoms with Gasteiger partial charge in [0.15, 0.2) is 0 Å². The van der Waals surface area contributed by atoms with Gasteiger partial charge in [0.2, 0.25) is 0 Å². The van der Waals surface area contributed by atoms with E-state index in [0.29, 0.717) is 10.0 Å². The second kappa shape index (κ2) is 7.41. The van der Waals surface area contributed by atoms with Crippen molar-refractivity contribution in [2.45, 2.75) is 19.4 Å². The summed E-state index contributed by atoms with van der Waals surface area (Å²) in [5.74, 6) is 0. The van der Waals surface area contributed by atoms with E-state index in [0.717, 1.165) is 28.6 Å². The van der Waals surface area contributed by atoms with Crippen LogP contribution in [0.25, 0.3) is 0 Å². The molecule has 1 aromatic heterocycles. The topological polar surface area (TPSA) is 24.9 Å². The van der Waals surface area contributed by atoms with E-state index in [2.05, 4.69) is 33.2 Å². The highest BCUT2D eigenvalue weighted by atomic mass is 79.9. The first kappa shape index (κ1) is 15.8. The van der Waals surface area contributed by atoms with E-state index in [9.17, 15) is 0 Å². The SMILES string of the molecule is CCCNC(c1cncc(Br)c1)c1cc(Cl)ccc1Cl. The molecule has 1 unspecified atom stereocenters. The third-order valence-corrected chi connectivity index (χ3v) is 3.94. The summed E-state index contributed by atoms with van der Waals surface area (Å²) in [7, 11) is 0. The number of benzene rings is 1. The minimum absolute atomic E-state index is 0.0221. The quantitative estimate of drug-likeness (QED) is 0.775. The molecule has 0 saturated heterocycles. The largest absolute Gasteiger partial charge is 0.306 e. The van der Waals surface area contributed by atoms with Gasteiger partial charge in [0, 0.05) is 26.9 Å². The molecule has 1 N–H and O–H groups in total. The van der Waals surface area contributed by atoms with Gasteiger partial charge in [-0.05, 0) is 64.3 Å². The Labute approximate surface area is 137 Å². The Bertz CT molecular complexity index is 590. The molecule has 0 saturated carbocycles. The highest BCUT2D eigenvalue weighted by Crippen LogP contribution is 2.31. The number of rotatable bonds is 5. The standard InChI is InChI=1S/C15H15BrCl2N2/c1-2-5-20-15(10-6-11(16)9-19-8-10)13-7-12(17)3-4-14(13)18/h3-4,6-9,15,20H,2,5H2,1H3. The maximum absolute atomic E-state index is 6.33. The van der Waals surface area contributed by atoms with Gasteiger partial charge in [0.25, 0.3) is 0 Å². The molecule has 0 aliphatic rings. The third-order valence-electron chi connectivity index (χ3n) is 2.93. The van der Waals surface area contributed by atoms with E-state index < -0.39 is 0 Å². The lowest BCUT2D eigenvalue weighted by atomic mass is 10.00. The smallest absolute Gasteiger partial charge is 0.0607 e. The molecule has 0 bridgehead atoms. The van der Waals surface area contributed by atoms with Gasteiger partial charge in [-0.15, -0.1) is 0 Å². The van der Waals surface area contributed by atoms with E-state index in [1.54, 1.807) is 12.3 Å². The molecule has 2 rings (SSSR count). The number of hydrogen-bond acceptors (Lipinski definition) is 2. The Hall–Kier alpha value is -0.610. The zero-order valence-electron chi connectivity index (χ0n) is 11.0. The van der Waals surface area contributed by atoms with Crippen LogP contribution in [0, 0.1) is 0 Å². The van der Waals surface area contributed by atoms with E-state index in [4.69, 9.17) is 23.2 Å². The van der Waals surface area contributed by atoms with Crippen LogP contribution in [0.4, 0.5) is 0 Å². The van der Waals surface area contributed by atoms with E-state index >= 15 is 0 Å². The van der Waals surface area contributed by atoms with Crippen molar-refractivity contribution < 1.29 is 0 Å². The average molecular weight is 374 g/mol. The minimum Gasteiger partial charge on any atom is -0.306 e. The molecule has 2 nitrogen and oxygen atoms in total. The van der Waals surface area contributed by atoms with Crippen LogP contribution in [-0.4, -0.2) is 11.5 Å². The Balaban J connectivity index is 2.44. The number of pyridine rings is 1. The molecular weight excluding hydrogens is 359 g/mol. The molecule has 5 heteroatoms. The normalized spacial score (nSPS) is 12.4. The fourth-order valence-corrected chi connectivity index (χ4v) is 2.81. The molecule has 0 fully saturated rings. The van der Waals surface area contributed by atoms with Gasteiger partial charge < -0.3 is 5.32 Å². The van der Waals surface area contributed by atoms with Crippen LogP contribution in [-0.2, 0) is 0 Å². The van der Waals surface area contributed by atoms with E-state index in [1.165, 1.54) is 0 Å². The van der Waals surface area contributed by atoms with Crippen molar-refractivity contribution in [2.75, 3.05) is 6.54 Å². The highest BCUT2D eigenvalue weighted by Gasteiger charge is 2.17. The maximum Gasteiger partial charge on any atom is 0.0607 e. The molecule has 0 aliphatic carbocycles. The van der Waals surface area contributed by atoms with Crippen molar-refractivity contribution >= 4 is 39.1 Å².